The smallest absolute Gasteiger partial charge is 0.233 e. The van der Waals surface area contributed by atoms with Crippen LogP contribution >= 0.6 is 11.8 Å². The number of hydrogen-bond acceptors (Lipinski definition) is 6. The van der Waals surface area contributed by atoms with Crippen molar-refractivity contribution in [3.63, 3.8) is 0 Å². The summed E-state index contributed by atoms with van der Waals surface area (Å²) in [6.45, 7) is 4.69. The Hall–Kier alpha value is -1.64. The van der Waals surface area contributed by atoms with Gasteiger partial charge in [0.2, 0.25) is 11.8 Å². The van der Waals surface area contributed by atoms with Gasteiger partial charge < -0.3 is 19.9 Å². The fourth-order valence-electron chi connectivity index (χ4n) is 3.09. The summed E-state index contributed by atoms with van der Waals surface area (Å²) < 4.78 is 5.25. The Balaban J connectivity index is 1.50. The van der Waals surface area contributed by atoms with E-state index in [4.69, 9.17) is 4.74 Å². The van der Waals surface area contributed by atoms with Gasteiger partial charge in [0, 0.05) is 45.1 Å². The number of ether oxygens (including phenoxy) is 1. The van der Waals surface area contributed by atoms with E-state index in [9.17, 15) is 9.59 Å². The first-order valence-corrected chi connectivity index (χ1v) is 9.74. The molecule has 1 aromatic rings. The van der Waals surface area contributed by atoms with Crippen molar-refractivity contribution in [1.82, 2.24) is 20.1 Å². The summed E-state index contributed by atoms with van der Waals surface area (Å²) in [6, 6.07) is 3.90. The van der Waals surface area contributed by atoms with Crippen molar-refractivity contribution in [2.75, 3.05) is 57.4 Å². The maximum Gasteiger partial charge on any atom is 0.233 e. The molecule has 2 aliphatic heterocycles. The van der Waals surface area contributed by atoms with Crippen LogP contribution in [-0.2, 0) is 14.3 Å². The normalized spacial score (nSPS) is 21.2. The van der Waals surface area contributed by atoms with E-state index in [1.807, 2.05) is 28.1 Å². The molecule has 2 amide bonds. The minimum absolute atomic E-state index is 0.00509. The van der Waals surface area contributed by atoms with Gasteiger partial charge in [-0.25, -0.2) is 0 Å². The van der Waals surface area contributed by atoms with E-state index in [-0.39, 0.29) is 17.9 Å². The van der Waals surface area contributed by atoms with Crippen LogP contribution in [0.3, 0.4) is 0 Å². The van der Waals surface area contributed by atoms with Gasteiger partial charge in [0.05, 0.1) is 30.8 Å². The second-order valence-electron chi connectivity index (χ2n) is 6.08. The second-order valence-corrected chi connectivity index (χ2v) is 7.06. The highest BCUT2D eigenvalue weighted by molar-refractivity contribution is 8.00. The van der Waals surface area contributed by atoms with E-state index in [1.54, 1.807) is 6.20 Å². The Morgan fingerprint density at radius 2 is 2.04 bits per heavy atom. The number of thioether (sulfide) groups is 1. The van der Waals surface area contributed by atoms with Crippen molar-refractivity contribution >= 4 is 23.6 Å². The van der Waals surface area contributed by atoms with Crippen LogP contribution in [0.5, 0.6) is 0 Å². The average molecular weight is 364 g/mol. The van der Waals surface area contributed by atoms with Gasteiger partial charge in [0.1, 0.15) is 0 Å². The van der Waals surface area contributed by atoms with Crippen molar-refractivity contribution in [2.24, 2.45) is 0 Å². The second kappa shape index (κ2) is 9.17. The maximum atomic E-state index is 12.7. The van der Waals surface area contributed by atoms with Gasteiger partial charge in [0.25, 0.3) is 0 Å². The molecule has 25 heavy (non-hydrogen) atoms. The van der Waals surface area contributed by atoms with Crippen LogP contribution in [0.15, 0.2) is 24.5 Å². The van der Waals surface area contributed by atoms with Crippen molar-refractivity contribution in [3.8, 4) is 0 Å². The summed E-state index contributed by atoms with van der Waals surface area (Å²) in [4.78, 5) is 32.7. The lowest BCUT2D eigenvalue weighted by Gasteiger charge is -2.36. The van der Waals surface area contributed by atoms with E-state index in [1.165, 1.54) is 11.8 Å². The summed E-state index contributed by atoms with van der Waals surface area (Å²) in [5, 5.41) is 3.33. The molecule has 2 fully saturated rings. The van der Waals surface area contributed by atoms with Gasteiger partial charge in [-0.1, -0.05) is 6.07 Å². The van der Waals surface area contributed by atoms with Crippen molar-refractivity contribution in [1.29, 1.82) is 0 Å². The number of hydrogen-bond donors (Lipinski definition) is 1. The Morgan fingerprint density at radius 1 is 1.24 bits per heavy atom. The number of nitrogens with one attached hydrogen (secondary N) is 1. The Labute approximate surface area is 152 Å². The van der Waals surface area contributed by atoms with Crippen LogP contribution in [0.2, 0.25) is 0 Å². The van der Waals surface area contributed by atoms with E-state index >= 15 is 0 Å². The first-order chi connectivity index (χ1) is 12.3. The van der Waals surface area contributed by atoms with Gasteiger partial charge in [0.15, 0.2) is 0 Å². The van der Waals surface area contributed by atoms with Gasteiger partial charge in [-0.05, 0) is 11.6 Å². The zero-order chi connectivity index (χ0) is 17.5. The van der Waals surface area contributed by atoms with Crippen LogP contribution in [0, 0.1) is 0 Å². The van der Waals surface area contributed by atoms with Gasteiger partial charge in [-0.15, -0.1) is 11.8 Å². The molecule has 0 bridgehead atoms. The predicted octanol–water partition coefficient (Wildman–Crippen LogP) is 0.147. The molecule has 0 saturated carbocycles. The summed E-state index contributed by atoms with van der Waals surface area (Å²) in [5.41, 5.74) is 1.04. The molecule has 1 unspecified atom stereocenters. The van der Waals surface area contributed by atoms with Gasteiger partial charge in [-0.2, -0.15) is 0 Å². The third-order valence-electron chi connectivity index (χ3n) is 4.45. The molecule has 0 spiro atoms. The molecule has 136 valence electrons. The number of carbonyl (C=O) groups is 2. The van der Waals surface area contributed by atoms with E-state index < -0.39 is 0 Å². The monoisotopic (exact) mass is 364 g/mol. The summed E-state index contributed by atoms with van der Waals surface area (Å²) in [5.74, 6) is 0.836. The highest BCUT2D eigenvalue weighted by Gasteiger charge is 2.28. The number of morpholine rings is 1. The molecule has 8 heteroatoms. The fourth-order valence-corrected chi connectivity index (χ4v) is 3.89. The number of amides is 2. The van der Waals surface area contributed by atoms with Crippen molar-refractivity contribution in [3.05, 3.63) is 30.1 Å². The summed E-state index contributed by atoms with van der Waals surface area (Å²) in [6.07, 6.45) is 3.55. The average Bonchev–Trinajstić information content (AvgIpc) is 2.69. The van der Waals surface area contributed by atoms with Crippen LogP contribution in [0.1, 0.15) is 11.6 Å². The Morgan fingerprint density at radius 3 is 2.80 bits per heavy atom. The molecule has 0 radical (unpaired) electrons. The van der Waals surface area contributed by atoms with E-state index in [0.717, 1.165) is 18.7 Å². The lowest BCUT2D eigenvalue weighted by Crippen LogP contribution is -2.49. The Kier molecular flexibility index (Phi) is 6.66. The lowest BCUT2D eigenvalue weighted by atomic mass is 10.1. The minimum atomic E-state index is 0.00509. The molecule has 3 heterocycles. The molecule has 2 saturated heterocycles. The largest absolute Gasteiger partial charge is 0.378 e. The molecule has 0 aromatic carbocycles. The third-order valence-corrected chi connectivity index (χ3v) is 5.35. The van der Waals surface area contributed by atoms with Crippen molar-refractivity contribution in [2.45, 2.75) is 6.04 Å². The molecule has 1 atom stereocenters. The molecule has 1 aromatic heterocycles. The zero-order valence-corrected chi connectivity index (χ0v) is 15.0. The number of pyridine rings is 1. The quantitative estimate of drug-likeness (QED) is 0.802. The molecule has 2 aliphatic rings. The molecule has 3 rings (SSSR count). The molecule has 7 nitrogen and oxygen atoms in total. The fraction of sp³-hybridized carbons (Fsp3) is 0.588. The SMILES string of the molecule is O=C(CSCC(=O)N1CCNCC1c1cccnc1)N1CCOCC1. The highest BCUT2D eigenvalue weighted by Crippen LogP contribution is 2.22. The zero-order valence-electron chi connectivity index (χ0n) is 14.2. The van der Waals surface area contributed by atoms with Crippen molar-refractivity contribution < 1.29 is 14.3 Å². The van der Waals surface area contributed by atoms with Crippen LogP contribution in [0.25, 0.3) is 0 Å². The topological polar surface area (TPSA) is 74.8 Å². The van der Waals surface area contributed by atoms with Crippen LogP contribution in [-0.4, -0.2) is 84.0 Å². The van der Waals surface area contributed by atoms with Gasteiger partial charge in [-0.3, -0.25) is 14.6 Å². The number of nitrogens with zero attached hydrogens (tertiary/aromatic N) is 3. The number of aromatic nitrogens is 1. The molecule has 1 N–H and O–H groups in total. The highest BCUT2D eigenvalue weighted by atomic mass is 32.2. The van der Waals surface area contributed by atoms with Crippen LogP contribution < -0.4 is 5.32 Å². The van der Waals surface area contributed by atoms with E-state index in [0.29, 0.717) is 44.4 Å². The number of carbonyl (C=O) groups excluding carboxylic acids is 2. The predicted molar refractivity (Wildman–Crippen MR) is 96.3 cm³/mol. The Bertz CT molecular complexity index is 581. The van der Waals surface area contributed by atoms with Crippen LogP contribution in [0.4, 0.5) is 0 Å². The number of piperazine rings is 1. The first kappa shape index (κ1) is 18.2. The van der Waals surface area contributed by atoms with Gasteiger partial charge >= 0.3 is 0 Å². The first-order valence-electron chi connectivity index (χ1n) is 8.59. The third kappa shape index (κ3) is 4.93. The van der Waals surface area contributed by atoms with E-state index in [2.05, 4.69) is 10.3 Å². The minimum Gasteiger partial charge on any atom is -0.378 e. The summed E-state index contributed by atoms with van der Waals surface area (Å²) >= 11 is 1.39. The maximum absolute atomic E-state index is 12.7. The number of rotatable bonds is 5. The standard InChI is InChI=1S/C17H24N4O3S/c22-16(20-6-8-24-9-7-20)12-25-13-17(23)21-5-4-19-11-15(21)14-2-1-3-18-10-14/h1-3,10,15,19H,4-9,11-13H2. The molecule has 0 aliphatic carbocycles. The lowest BCUT2D eigenvalue weighted by molar-refractivity contribution is -0.132. The summed E-state index contributed by atoms with van der Waals surface area (Å²) in [7, 11) is 0. The molecular formula is C17H24N4O3S. The molecular weight excluding hydrogens is 340 g/mol.